The Kier molecular flexibility index (Phi) is 3.87. The molecule has 0 aromatic heterocycles. The summed E-state index contributed by atoms with van der Waals surface area (Å²) in [4.78, 5) is 0. The molecule has 0 radical (unpaired) electrons. The number of morpholine rings is 1. The Morgan fingerprint density at radius 3 is 2.37 bits per heavy atom. The van der Waals surface area contributed by atoms with Crippen LogP contribution in [0.3, 0.4) is 0 Å². The third-order valence-corrected chi connectivity index (χ3v) is 3.82. The van der Waals surface area contributed by atoms with E-state index in [0.717, 1.165) is 12.1 Å². The summed E-state index contributed by atoms with van der Waals surface area (Å²) in [7, 11) is 0. The van der Waals surface area contributed by atoms with Crippen molar-refractivity contribution < 1.29 is 17.9 Å². The minimum absolute atomic E-state index is 0.248. The maximum atomic E-state index is 13.3. The molecule has 0 saturated carbocycles. The van der Waals surface area contributed by atoms with Crippen LogP contribution >= 0.6 is 0 Å². The van der Waals surface area contributed by atoms with Crippen LogP contribution in [0, 0.1) is 23.4 Å². The van der Waals surface area contributed by atoms with Crippen molar-refractivity contribution in [3.63, 3.8) is 0 Å². The van der Waals surface area contributed by atoms with Crippen LogP contribution in [0.5, 0.6) is 0 Å². The second-order valence-electron chi connectivity index (χ2n) is 5.50. The summed E-state index contributed by atoms with van der Waals surface area (Å²) in [6.45, 7) is 7.12. The monoisotopic (exact) mass is 273 g/mol. The summed E-state index contributed by atoms with van der Waals surface area (Å²) in [6.07, 6.45) is -0.481. The third kappa shape index (κ3) is 2.77. The van der Waals surface area contributed by atoms with Crippen LogP contribution in [0.2, 0.25) is 0 Å². The van der Waals surface area contributed by atoms with Crippen LogP contribution in [0.25, 0.3) is 0 Å². The van der Waals surface area contributed by atoms with Gasteiger partial charge in [-0.3, -0.25) is 0 Å². The summed E-state index contributed by atoms with van der Waals surface area (Å²) in [6, 6.07) is 1.99. The fraction of sp³-hybridized carbons (Fsp3) is 0.571. The third-order valence-electron chi connectivity index (χ3n) is 3.82. The van der Waals surface area contributed by atoms with E-state index in [1.807, 2.05) is 20.8 Å². The summed E-state index contributed by atoms with van der Waals surface area (Å²) >= 11 is 0. The lowest BCUT2D eigenvalue weighted by Gasteiger charge is -2.42. The van der Waals surface area contributed by atoms with E-state index in [1.54, 1.807) is 0 Å². The van der Waals surface area contributed by atoms with Crippen LogP contribution in [-0.4, -0.2) is 18.7 Å². The highest BCUT2D eigenvalue weighted by Crippen LogP contribution is 2.32. The van der Waals surface area contributed by atoms with E-state index in [9.17, 15) is 13.2 Å². The van der Waals surface area contributed by atoms with Crippen LogP contribution in [-0.2, 0) is 4.74 Å². The number of hydrogen-bond donors (Lipinski definition) is 1. The van der Waals surface area contributed by atoms with Gasteiger partial charge in [-0.05, 0) is 30.5 Å². The molecule has 2 nitrogen and oxygen atoms in total. The summed E-state index contributed by atoms with van der Waals surface area (Å²) in [5.41, 5.74) is -0.0972. The number of halogens is 3. The average Bonchev–Trinajstić information content (AvgIpc) is 2.35. The Hall–Kier alpha value is -1.07. The molecule has 5 heteroatoms. The van der Waals surface area contributed by atoms with Crippen molar-refractivity contribution in [2.45, 2.75) is 32.5 Å². The molecule has 1 fully saturated rings. The molecule has 1 aromatic carbocycles. The maximum Gasteiger partial charge on any atom is 0.194 e. The van der Waals surface area contributed by atoms with Crippen LogP contribution in [0.15, 0.2) is 12.1 Å². The van der Waals surface area contributed by atoms with Gasteiger partial charge in [0.1, 0.15) is 0 Å². The van der Waals surface area contributed by atoms with Crippen LogP contribution in [0.1, 0.15) is 32.4 Å². The molecule has 106 valence electrons. The van der Waals surface area contributed by atoms with Gasteiger partial charge in [0.15, 0.2) is 17.5 Å². The number of hydrogen-bond acceptors (Lipinski definition) is 2. The molecule has 1 aliphatic heterocycles. The first kappa shape index (κ1) is 14.3. The van der Waals surface area contributed by atoms with E-state index in [2.05, 4.69) is 5.32 Å². The van der Waals surface area contributed by atoms with Gasteiger partial charge >= 0.3 is 0 Å². The maximum absolute atomic E-state index is 13.3. The van der Waals surface area contributed by atoms with E-state index in [1.165, 1.54) is 0 Å². The molecule has 0 amide bonds. The van der Waals surface area contributed by atoms with Gasteiger partial charge in [0.05, 0.1) is 11.7 Å². The van der Waals surface area contributed by atoms with E-state index >= 15 is 0 Å². The Bertz CT molecular complexity index is 455. The molecule has 2 rings (SSSR count). The van der Waals surface area contributed by atoms with E-state index in [-0.39, 0.29) is 5.92 Å². The van der Waals surface area contributed by atoms with Crippen molar-refractivity contribution in [3.05, 3.63) is 35.1 Å². The quantitative estimate of drug-likeness (QED) is 0.836. The molecule has 0 bridgehead atoms. The lowest BCUT2D eigenvalue weighted by Crippen LogP contribution is -2.52. The Morgan fingerprint density at radius 2 is 1.84 bits per heavy atom. The molecule has 2 unspecified atom stereocenters. The minimum atomic E-state index is -1.45. The first-order valence-corrected chi connectivity index (χ1v) is 6.36. The second-order valence-corrected chi connectivity index (χ2v) is 5.50. The zero-order valence-corrected chi connectivity index (χ0v) is 11.3. The van der Waals surface area contributed by atoms with Crippen LogP contribution in [0.4, 0.5) is 13.2 Å². The average molecular weight is 273 g/mol. The SMILES string of the molecule is CC(C)C1(C)CNCC(c2cc(F)c(F)c(F)c2)O1. The summed E-state index contributed by atoms with van der Waals surface area (Å²) in [5.74, 6) is -3.57. The molecule has 2 atom stereocenters. The van der Waals surface area contributed by atoms with Crippen molar-refractivity contribution in [1.29, 1.82) is 0 Å². The van der Waals surface area contributed by atoms with Gasteiger partial charge < -0.3 is 10.1 Å². The Balaban J connectivity index is 2.27. The van der Waals surface area contributed by atoms with E-state index < -0.39 is 29.2 Å². The molecule has 19 heavy (non-hydrogen) atoms. The summed E-state index contributed by atoms with van der Waals surface area (Å²) < 4.78 is 45.4. The van der Waals surface area contributed by atoms with Crippen molar-refractivity contribution in [2.24, 2.45) is 5.92 Å². The molecule has 0 aliphatic carbocycles. The molecular formula is C14H18F3NO. The van der Waals surface area contributed by atoms with Crippen LogP contribution < -0.4 is 5.32 Å². The summed E-state index contributed by atoms with van der Waals surface area (Å²) in [5, 5.41) is 3.20. The molecule has 1 aliphatic rings. The van der Waals surface area contributed by atoms with Crippen molar-refractivity contribution >= 4 is 0 Å². The predicted octanol–water partition coefficient (Wildman–Crippen LogP) is 3.18. The van der Waals surface area contributed by atoms with Gasteiger partial charge in [0.25, 0.3) is 0 Å². The van der Waals surface area contributed by atoms with Crippen molar-refractivity contribution in [1.82, 2.24) is 5.32 Å². The van der Waals surface area contributed by atoms with Gasteiger partial charge in [0, 0.05) is 13.1 Å². The van der Waals surface area contributed by atoms with Gasteiger partial charge in [0.2, 0.25) is 0 Å². The first-order chi connectivity index (χ1) is 8.83. The largest absolute Gasteiger partial charge is 0.364 e. The van der Waals surface area contributed by atoms with E-state index in [0.29, 0.717) is 18.7 Å². The van der Waals surface area contributed by atoms with Gasteiger partial charge in [-0.1, -0.05) is 13.8 Å². The molecule has 1 aromatic rings. The fourth-order valence-electron chi connectivity index (χ4n) is 2.15. The second kappa shape index (κ2) is 5.13. The highest BCUT2D eigenvalue weighted by Gasteiger charge is 2.36. The minimum Gasteiger partial charge on any atom is -0.364 e. The first-order valence-electron chi connectivity index (χ1n) is 6.36. The van der Waals surface area contributed by atoms with Gasteiger partial charge in [-0.25, -0.2) is 13.2 Å². The predicted molar refractivity (Wildman–Crippen MR) is 66.3 cm³/mol. The standard InChI is InChI=1S/C14H18F3NO/c1-8(2)14(3)7-18-6-12(19-14)9-4-10(15)13(17)11(16)5-9/h4-5,8,12,18H,6-7H2,1-3H3. The molecule has 0 spiro atoms. The highest BCUT2D eigenvalue weighted by atomic mass is 19.2. The molecule has 1 N–H and O–H groups in total. The zero-order valence-electron chi connectivity index (χ0n) is 11.3. The number of ether oxygens (including phenoxy) is 1. The van der Waals surface area contributed by atoms with Gasteiger partial charge in [-0.2, -0.15) is 0 Å². The Labute approximate surface area is 111 Å². The normalized spacial score (nSPS) is 27.8. The number of nitrogens with one attached hydrogen (secondary N) is 1. The Morgan fingerprint density at radius 1 is 1.26 bits per heavy atom. The van der Waals surface area contributed by atoms with Crippen molar-refractivity contribution in [2.75, 3.05) is 13.1 Å². The van der Waals surface area contributed by atoms with Crippen molar-refractivity contribution in [3.8, 4) is 0 Å². The number of benzene rings is 1. The lowest BCUT2D eigenvalue weighted by atomic mass is 9.89. The van der Waals surface area contributed by atoms with Gasteiger partial charge in [-0.15, -0.1) is 0 Å². The molecule has 1 heterocycles. The molecule has 1 saturated heterocycles. The number of rotatable bonds is 2. The lowest BCUT2D eigenvalue weighted by molar-refractivity contribution is -0.132. The molecular weight excluding hydrogens is 255 g/mol. The smallest absolute Gasteiger partial charge is 0.194 e. The van der Waals surface area contributed by atoms with E-state index in [4.69, 9.17) is 4.74 Å². The zero-order chi connectivity index (χ0) is 14.2. The highest BCUT2D eigenvalue weighted by molar-refractivity contribution is 5.22. The topological polar surface area (TPSA) is 21.3 Å². The fourth-order valence-corrected chi connectivity index (χ4v) is 2.15.